The first-order valence-corrected chi connectivity index (χ1v) is 9.06. The fourth-order valence-corrected chi connectivity index (χ4v) is 7.19. The molecule has 0 radical (unpaired) electrons. The van der Waals surface area contributed by atoms with Crippen LogP contribution in [0.2, 0.25) is 0 Å². The molecule has 2 nitrogen and oxygen atoms in total. The number of piperazine rings is 1. The molecule has 6 rings (SSSR count). The van der Waals surface area contributed by atoms with Crippen molar-refractivity contribution in [2.45, 2.75) is 57.0 Å². The zero-order valence-corrected chi connectivity index (χ0v) is 12.2. The van der Waals surface area contributed by atoms with E-state index in [1.165, 1.54) is 39.0 Å². The number of quaternary nitrogens is 2. The van der Waals surface area contributed by atoms with Crippen LogP contribution in [0.15, 0.2) is 0 Å². The lowest BCUT2D eigenvalue weighted by Gasteiger charge is -2.56. The number of hydrogen-bond donors (Lipinski definition) is 2. The summed E-state index contributed by atoms with van der Waals surface area (Å²) in [5, 5.41) is 0. The summed E-state index contributed by atoms with van der Waals surface area (Å²) < 4.78 is 0. The number of nitrogens with one attached hydrogen (secondary N) is 2. The molecule has 0 aromatic heterocycles. The van der Waals surface area contributed by atoms with Gasteiger partial charge in [-0.2, -0.15) is 0 Å². The first-order valence-electron chi connectivity index (χ1n) is 9.06. The molecule has 0 spiro atoms. The Balaban J connectivity index is 1.36. The van der Waals surface area contributed by atoms with Gasteiger partial charge in [0, 0.05) is 24.7 Å². The van der Waals surface area contributed by atoms with E-state index in [0.29, 0.717) is 0 Å². The third-order valence-electron chi connectivity index (χ3n) is 7.60. The highest BCUT2D eigenvalue weighted by molar-refractivity contribution is 4.98. The van der Waals surface area contributed by atoms with Crippen LogP contribution in [0.25, 0.3) is 0 Å². The molecule has 2 N–H and O–H groups in total. The average Bonchev–Trinajstić information content (AvgIpc) is 2.84. The van der Waals surface area contributed by atoms with E-state index in [4.69, 9.17) is 0 Å². The quantitative estimate of drug-likeness (QED) is 0.645. The lowest BCUT2D eigenvalue weighted by molar-refractivity contribution is -1.04. The van der Waals surface area contributed by atoms with E-state index in [2.05, 4.69) is 4.90 Å². The number of fused-ring (bicyclic) bond motifs is 1. The summed E-state index contributed by atoms with van der Waals surface area (Å²) in [5.74, 6) is 4.57. The maximum absolute atomic E-state index is 2.06. The standard InChI is InChI=1S/C17H28N2/c1-2-16-11-19(5-4-18(16)3-1)17-14-7-12-6-13(9-14)10-15(17)8-12/h12-17H,1-11H2/p+2/t12?,13?,14?,15?,16-,17?/m1/s1. The van der Waals surface area contributed by atoms with E-state index in [1.807, 2.05) is 4.90 Å². The summed E-state index contributed by atoms with van der Waals surface area (Å²) in [6.07, 6.45) is 11.1. The Labute approximate surface area is 117 Å². The first kappa shape index (κ1) is 11.6. The Morgan fingerprint density at radius 2 is 1.37 bits per heavy atom. The topological polar surface area (TPSA) is 8.88 Å². The molecule has 3 atom stereocenters. The Hall–Kier alpha value is -0.0800. The van der Waals surface area contributed by atoms with Crippen molar-refractivity contribution in [3.63, 3.8) is 0 Å². The highest BCUT2D eigenvalue weighted by atomic mass is 15.3. The SMILES string of the molecule is C1C[C@@H]2C[NH+](C3C4CC5CC(C4)CC3C5)CC[NH+]2C1. The van der Waals surface area contributed by atoms with Gasteiger partial charge >= 0.3 is 0 Å². The molecule has 2 saturated heterocycles. The van der Waals surface area contributed by atoms with Gasteiger partial charge in [0.15, 0.2) is 0 Å². The molecular formula is C17H30N2+2. The molecule has 0 aromatic carbocycles. The maximum Gasteiger partial charge on any atom is 0.137 e. The van der Waals surface area contributed by atoms with Crippen molar-refractivity contribution >= 4 is 0 Å². The van der Waals surface area contributed by atoms with Gasteiger partial charge in [-0.1, -0.05) is 0 Å². The van der Waals surface area contributed by atoms with Gasteiger partial charge < -0.3 is 9.80 Å². The van der Waals surface area contributed by atoms with E-state index in [-0.39, 0.29) is 0 Å². The molecule has 2 heterocycles. The van der Waals surface area contributed by atoms with Crippen LogP contribution in [-0.2, 0) is 0 Å². The molecule has 2 aliphatic heterocycles. The Morgan fingerprint density at radius 1 is 0.684 bits per heavy atom. The molecule has 4 saturated carbocycles. The molecule has 4 bridgehead atoms. The van der Waals surface area contributed by atoms with E-state index in [1.54, 1.807) is 32.1 Å². The van der Waals surface area contributed by atoms with Crippen LogP contribution in [0.1, 0.15) is 44.9 Å². The lowest BCUT2D eigenvalue weighted by atomic mass is 9.54. The number of rotatable bonds is 1. The summed E-state index contributed by atoms with van der Waals surface area (Å²) in [7, 11) is 0. The fraction of sp³-hybridized carbons (Fsp3) is 1.00. The lowest BCUT2D eigenvalue weighted by Crippen LogP contribution is -3.31. The summed E-state index contributed by atoms with van der Waals surface area (Å²) in [4.78, 5) is 4.03. The molecule has 6 aliphatic rings. The van der Waals surface area contributed by atoms with Crippen LogP contribution in [-0.4, -0.2) is 38.3 Å². The largest absolute Gasteiger partial charge is 0.323 e. The van der Waals surface area contributed by atoms with Crippen molar-refractivity contribution in [2.75, 3.05) is 26.2 Å². The monoisotopic (exact) mass is 262 g/mol. The third kappa shape index (κ3) is 1.75. The zero-order valence-electron chi connectivity index (χ0n) is 12.2. The molecule has 2 heteroatoms. The highest BCUT2D eigenvalue weighted by Gasteiger charge is 2.54. The second kappa shape index (κ2) is 4.21. The maximum atomic E-state index is 2.06. The summed E-state index contributed by atoms with van der Waals surface area (Å²) in [5.41, 5.74) is 0. The van der Waals surface area contributed by atoms with Crippen LogP contribution in [0.5, 0.6) is 0 Å². The van der Waals surface area contributed by atoms with E-state index >= 15 is 0 Å². The van der Waals surface area contributed by atoms with Crippen molar-refractivity contribution in [1.82, 2.24) is 0 Å². The van der Waals surface area contributed by atoms with Gasteiger partial charge in [0.2, 0.25) is 0 Å². The van der Waals surface area contributed by atoms with Gasteiger partial charge in [0.25, 0.3) is 0 Å². The second-order valence-electron chi connectivity index (χ2n) is 8.57. The minimum absolute atomic E-state index is 1.04. The van der Waals surface area contributed by atoms with E-state index in [9.17, 15) is 0 Å². The summed E-state index contributed by atoms with van der Waals surface area (Å²) >= 11 is 0. The average molecular weight is 262 g/mol. The Bertz CT molecular complexity index is 338. The smallest absolute Gasteiger partial charge is 0.137 e. The molecule has 2 unspecified atom stereocenters. The molecule has 19 heavy (non-hydrogen) atoms. The third-order valence-corrected chi connectivity index (χ3v) is 7.60. The minimum Gasteiger partial charge on any atom is -0.323 e. The Kier molecular flexibility index (Phi) is 2.56. The number of hydrogen-bond acceptors (Lipinski definition) is 0. The Morgan fingerprint density at radius 3 is 2.11 bits per heavy atom. The predicted molar refractivity (Wildman–Crippen MR) is 75.2 cm³/mol. The van der Waals surface area contributed by atoms with Gasteiger partial charge in [-0.3, -0.25) is 0 Å². The minimum atomic E-state index is 1.04. The second-order valence-corrected chi connectivity index (χ2v) is 8.57. The zero-order chi connectivity index (χ0) is 12.4. The van der Waals surface area contributed by atoms with Crippen molar-refractivity contribution in [1.29, 1.82) is 0 Å². The molecule has 4 aliphatic carbocycles. The van der Waals surface area contributed by atoms with Crippen molar-refractivity contribution < 1.29 is 9.80 Å². The summed E-state index contributed by atoms with van der Waals surface area (Å²) in [6, 6.07) is 2.14. The van der Waals surface area contributed by atoms with Crippen molar-refractivity contribution in [2.24, 2.45) is 23.7 Å². The van der Waals surface area contributed by atoms with Crippen LogP contribution < -0.4 is 9.80 Å². The normalized spacial score (nSPS) is 59.4. The van der Waals surface area contributed by atoms with Crippen molar-refractivity contribution in [3.8, 4) is 0 Å². The predicted octanol–water partition coefficient (Wildman–Crippen LogP) is -0.243. The van der Waals surface area contributed by atoms with Crippen molar-refractivity contribution in [3.05, 3.63) is 0 Å². The van der Waals surface area contributed by atoms with Gasteiger partial charge in [-0.05, 0) is 43.9 Å². The molecular weight excluding hydrogens is 232 g/mol. The van der Waals surface area contributed by atoms with Gasteiger partial charge in [0.1, 0.15) is 25.7 Å². The van der Waals surface area contributed by atoms with Crippen LogP contribution in [0.4, 0.5) is 0 Å². The van der Waals surface area contributed by atoms with E-state index < -0.39 is 0 Å². The molecule has 0 aromatic rings. The van der Waals surface area contributed by atoms with Crippen LogP contribution in [0.3, 0.4) is 0 Å². The summed E-state index contributed by atoms with van der Waals surface area (Å²) in [6.45, 7) is 6.00. The van der Waals surface area contributed by atoms with Crippen LogP contribution >= 0.6 is 0 Å². The van der Waals surface area contributed by atoms with E-state index in [0.717, 1.165) is 35.8 Å². The molecule has 6 fully saturated rings. The van der Waals surface area contributed by atoms with Gasteiger partial charge in [0.05, 0.1) is 12.6 Å². The molecule has 106 valence electrons. The van der Waals surface area contributed by atoms with Crippen LogP contribution in [0, 0.1) is 23.7 Å². The first-order chi connectivity index (χ1) is 9.37. The molecule has 0 amide bonds. The van der Waals surface area contributed by atoms with Gasteiger partial charge in [-0.15, -0.1) is 0 Å². The van der Waals surface area contributed by atoms with Gasteiger partial charge in [-0.25, -0.2) is 0 Å². The highest BCUT2D eigenvalue weighted by Crippen LogP contribution is 2.52. The fourth-order valence-electron chi connectivity index (χ4n) is 7.19.